The molecule has 2 aromatic rings. The van der Waals surface area contributed by atoms with Crippen molar-refractivity contribution in [1.29, 1.82) is 0 Å². The Morgan fingerprint density at radius 3 is 2.86 bits per heavy atom. The van der Waals surface area contributed by atoms with E-state index in [9.17, 15) is 0 Å². The number of hydrogen-bond donors (Lipinski definition) is 2. The van der Waals surface area contributed by atoms with E-state index in [-0.39, 0.29) is 0 Å². The summed E-state index contributed by atoms with van der Waals surface area (Å²) >= 11 is 0. The summed E-state index contributed by atoms with van der Waals surface area (Å²) in [6.45, 7) is 8.78. The van der Waals surface area contributed by atoms with Gasteiger partial charge in [0.15, 0.2) is 0 Å². The van der Waals surface area contributed by atoms with Crippen LogP contribution in [0.4, 0.5) is 6.01 Å². The van der Waals surface area contributed by atoms with Gasteiger partial charge in [-0.05, 0) is 31.4 Å². The van der Waals surface area contributed by atoms with Crippen molar-refractivity contribution in [2.75, 3.05) is 18.4 Å². The molecule has 0 atom stereocenters. The van der Waals surface area contributed by atoms with Crippen molar-refractivity contribution in [3.8, 4) is 0 Å². The van der Waals surface area contributed by atoms with Gasteiger partial charge in [0.2, 0.25) is 5.89 Å². The second kappa shape index (κ2) is 7.78. The molecule has 0 amide bonds. The molecule has 1 aromatic carbocycles. The second-order valence-electron chi connectivity index (χ2n) is 5.69. The zero-order valence-electron chi connectivity index (χ0n) is 13.0. The summed E-state index contributed by atoms with van der Waals surface area (Å²) in [6.07, 6.45) is 0.936. The fourth-order valence-electron chi connectivity index (χ4n) is 2.05. The fraction of sp³-hybridized carbons (Fsp3) is 0.500. The average molecular weight is 288 g/mol. The molecule has 0 saturated heterocycles. The first kappa shape index (κ1) is 15.5. The number of aromatic nitrogens is 2. The third-order valence-corrected chi connectivity index (χ3v) is 3.07. The maximum Gasteiger partial charge on any atom is 0.315 e. The molecule has 2 rings (SSSR count). The van der Waals surface area contributed by atoms with Crippen molar-refractivity contribution in [3.63, 3.8) is 0 Å². The monoisotopic (exact) mass is 288 g/mol. The first-order valence-corrected chi connectivity index (χ1v) is 7.46. The zero-order chi connectivity index (χ0) is 15.1. The maximum atomic E-state index is 5.53. The van der Waals surface area contributed by atoms with Gasteiger partial charge >= 0.3 is 6.01 Å². The summed E-state index contributed by atoms with van der Waals surface area (Å²) in [6, 6.07) is 8.99. The van der Waals surface area contributed by atoms with Gasteiger partial charge in [0, 0.05) is 6.54 Å². The maximum absolute atomic E-state index is 5.53. The first-order valence-electron chi connectivity index (χ1n) is 7.46. The lowest BCUT2D eigenvalue weighted by molar-refractivity contribution is 0.458. The highest BCUT2D eigenvalue weighted by Crippen LogP contribution is 2.07. The molecule has 0 saturated carbocycles. The lowest BCUT2D eigenvalue weighted by atomic mass is 10.1. The fourth-order valence-corrected chi connectivity index (χ4v) is 2.05. The Balaban J connectivity index is 1.72. The number of aryl methyl sites for hydroxylation is 1. The van der Waals surface area contributed by atoms with E-state index in [1.165, 1.54) is 11.1 Å². The van der Waals surface area contributed by atoms with Gasteiger partial charge in [-0.1, -0.05) is 48.8 Å². The van der Waals surface area contributed by atoms with Crippen LogP contribution in [0.2, 0.25) is 0 Å². The number of nitrogens with zero attached hydrogens (tertiary/aromatic N) is 2. The molecule has 0 fully saturated rings. The molecule has 0 aliphatic rings. The topological polar surface area (TPSA) is 63.0 Å². The Hall–Kier alpha value is -1.88. The predicted molar refractivity (Wildman–Crippen MR) is 84.2 cm³/mol. The Kier molecular flexibility index (Phi) is 5.75. The van der Waals surface area contributed by atoms with Gasteiger partial charge in [0.05, 0.1) is 6.54 Å². The Morgan fingerprint density at radius 2 is 2.10 bits per heavy atom. The molecule has 1 aromatic heterocycles. The minimum absolute atomic E-state index is 0.490. The zero-order valence-corrected chi connectivity index (χ0v) is 13.0. The molecule has 0 aliphatic carbocycles. The minimum Gasteiger partial charge on any atom is -0.407 e. The average Bonchev–Trinajstić information content (AvgIpc) is 2.86. The predicted octanol–water partition coefficient (Wildman–Crippen LogP) is 2.78. The molecule has 2 N–H and O–H groups in total. The van der Waals surface area contributed by atoms with Gasteiger partial charge < -0.3 is 15.1 Å². The summed E-state index contributed by atoms with van der Waals surface area (Å²) in [5.41, 5.74) is 2.59. The second-order valence-corrected chi connectivity index (χ2v) is 5.69. The smallest absolute Gasteiger partial charge is 0.315 e. The van der Waals surface area contributed by atoms with Crippen LogP contribution >= 0.6 is 0 Å². The van der Waals surface area contributed by atoms with Crippen molar-refractivity contribution in [3.05, 3.63) is 41.3 Å². The third kappa shape index (κ3) is 5.55. The van der Waals surface area contributed by atoms with Crippen molar-refractivity contribution >= 4 is 6.01 Å². The molecule has 1 heterocycles. The molecule has 0 spiro atoms. The Labute approximate surface area is 126 Å². The van der Waals surface area contributed by atoms with Crippen LogP contribution in [0.5, 0.6) is 0 Å². The molecule has 5 nitrogen and oxygen atoms in total. The largest absolute Gasteiger partial charge is 0.407 e. The molecular formula is C16H24N4O. The van der Waals surface area contributed by atoms with Crippen LogP contribution < -0.4 is 10.6 Å². The first-order chi connectivity index (χ1) is 10.1. The SMILES string of the molecule is Cc1cccc(CCNc2nnc(CNCC(C)C)o2)c1. The molecule has 21 heavy (non-hydrogen) atoms. The van der Waals surface area contributed by atoms with Crippen molar-refractivity contribution in [1.82, 2.24) is 15.5 Å². The van der Waals surface area contributed by atoms with Gasteiger partial charge in [-0.25, -0.2) is 0 Å². The summed E-state index contributed by atoms with van der Waals surface area (Å²) in [5.74, 6) is 1.23. The van der Waals surface area contributed by atoms with Crippen LogP contribution in [0.1, 0.15) is 30.9 Å². The van der Waals surface area contributed by atoms with Crippen molar-refractivity contribution in [2.45, 2.75) is 33.7 Å². The number of rotatable bonds is 8. The minimum atomic E-state index is 0.490. The highest BCUT2D eigenvalue weighted by atomic mass is 16.4. The number of hydrogen-bond acceptors (Lipinski definition) is 5. The molecule has 0 radical (unpaired) electrons. The number of anilines is 1. The lowest BCUT2D eigenvalue weighted by Crippen LogP contribution is -2.19. The van der Waals surface area contributed by atoms with Crippen LogP contribution in [0.15, 0.2) is 28.7 Å². The van der Waals surface area contributed by atoms with Crippen LogP contribution in [-0.4, -0.2) is 23.3 Å². The molecular weight excluding hydrogens is 264 g/mol. The van der Waals surface area contributed by atoms with Crippen LogP contribution in [0.3, 0.4) is 0 Å². The summed E-state index contributed by atoms with van der Waals surface area (Å²) in [4.78, 5) is 0. The number of benzene rings is 1. The van der Waals surface area contributed by atoms with Gasteiger partial charge in [-0.15, -0.1) is 5.10 Å². The normalized spacial score (nSPS) is 11.0. The van der Waals surface area contributed by atoms with Crippen molar-refractivity contribution in [2.24, 2.45) is 5.92 Å². The third-order valence-electron chi connectivity index (χ3n) is 3.07. The van der Waals surface area contributed by atoms with E-state index in [1.54, 1.807) is 0 Å². The standard InChI is InChI=1S/C16H24N4O/c1-12(2)10-17-11-15-19-20-16(21-15)18-8-7-14-6-4-5-13(3)9-14/h4-6,9,12,17H,7-8,10-11H2,1-3H3,(H,18,20). The highest BCUT2D eigenvalue weighted by molar-refractivity contribution is 5.24. The Morgan fingerprint density at radius 1 is 1.24 bits per heavy atom. The van der Waals surface area contributed by atoms with Crippen LogP contribution in [0, 0.1) is 12.8 Å². The van der Waals surface area contributed by atoms with Gasteiger partial charge in [0.1, 0.15) is 0 Å². The molecule has 0 aliphatic heterocycles. The van der Waals surface area contributed by atoms with Crippen molar-refractivity contribution < 1.29 is 4.42 Å². The quantitative estimate of drug-likeness (QED) is 0.782. The van der Waals surface area contributed by atoms with E-state index in [0.717, 1.165) is 19.5 Å². The van der Waals surface area contributed by atoms with E-state index in [2.05, 4.69) is 65.9 Å². The summed E-state index contributed by atoms with van der Waals surface area (Å²) in [5, 5.41) is 14.4. The van der Waals surface area contributed by atoms with E-state index >= 15 is 0 Å². The van der Waals surface area contributed by atoms with Gasteiger partial charge in [-0.2, -0.15) is 0 Å². The molecule has 0 bridgehead atoms. The molecule has 114 valence electrons. The summed E-state index contributed by atoms with van der Waals surface area (Å²) in [7, 11) is 0. The van der Waals surface area contributed by atoms with E-state index in [1.807, 2.05) is 0 Å². The Bertz CT molecular complexity index is 551. The van der Waals surface area contributed by atoms with Gasteiger partial charge in [0.25, 0.3) is 0 Å². The van der Waals surface area contributed by atoms with Crippen LogP contribution in [0.25, 0.3) is 0 Å². The van der Waals surface area contributed by atoms with Crippen LogP contribution in [-0.2, 0) is 13.0 Å². The molecule has 5 heteroatoms. The highest BCUT2D eigenvalue weighted by Gasteiger charge is 2.05. The van der Waals surface area contributed by atoms with Gasteiger partial charge in [-0.3, -0.25) is 0 Å². The number of nitrogens with one attached hydrogen (secondary N) is 2. The molecule has 0 unspecified atom stereocenters. The van der Waals surface area contributed by atoms with E-state index in [4.69, 9.17) is 4.42 Å². The van der Waals surface area contributed by atoms with E-state index < -0.39 is 0 Å². The van der Waals surface area contributed by atoms with E-state index in [0.29, 0.717) is 24.4 Å². The lowest BCUT2D eigenvalue weighted by Gasteiger charge is -2.04. The summed E-state index contributed by atoms with van der Waals surface area (Å²) < 4.78 is 5.53.